The summed E-state index contributed by atoms with van der Waals surface area (Å²) < 4.78 is 20.0. The molecule has 1 aliphatic rings. The number of hydrogen-bond acceptors (Lipinski definition) is 4. The van der Waals surface area contributed by atoms with Crippen molar-refractivity contribution in [2.75, 3.05) is 31.1 Å². The highest BCUT2D eigenvalue weighted by molar-refractivity contribution is 6.30. The molecule has 1 saturated heterocycles. The lowest BCUT2D eigenvalue weighted by molar-refractivity contribution is 0.00647. The molecule has 0 N–H and O–H groups in total. The van der Waals surface area contributed by atoms with Crippen molar-refractivity contribution < 1.29 is 13.9 Å². The number of nitrogens with zero attached hydrogens (tertiary/aromatic N) is 2. The van der Waals surface area contributed by atoms with Crippen molar-refractivity contribution >= 4 is 23.3 Å². The fourth-order valence-corrected chi connectivity index (χ4v) is 4.30. The van der Waals surface area contributed by atoms with Crippen LogP contribution in [0.1, 0.15) is 36.7 Å². The van der Waals surface area contributed by atoms with Crippen molar-refractivity contribution in [3.05, 3.63) is 88.7 Å². The lowest BCUT2D eigenvalue weighted by Crippen LogP contribution is -2.46. The number of rotatable bonds is 5. The molecule has 0 saturated carbocycles. The molecule has 4 nitrogen and oxygen atoms in total. The van der Waals surface area contributed by atoms with Gasteiger partial charge in [0.05, 0.1) is 5.56 Å². The summed E-state index contributed by atoms with van der Waals surface area (Å²) in [4.78, 5) is 16.8. The molecule has 0 aliphatic carbocycles. The van der Waals surface area contributed by atoms with Gasteiger partial charge in [-0.25, -0.2) is 9.18 Å². The van der Waals surface area contributed by atoms with E-state index in [4.69, 9.17) is 16.3 Å². The minimum Gasteiger partial charge on any atom is -0.456 e. The molecule has 34 heavy (non-hydrogen) atoms. The molecule has 4 rings (SSSR count). The first-order chi connectivity index (χ1) is 16.2. The molecule has 0 radical (unpaired) electrons. The number of benzene rings is 3. The molecule has 0 atom stereocenters. The number of ether oxygens (including phenoxy) is 1. The summed E-state index contributed by atoms with van der Waals surface area (Å²) in [6.45, 7) is 9.45. The molecule has 0 amide bonds. The van der Waals surface area contributed by atoms with Crippen LogP contribution in [0.5, 0.6) is 0 Å². The average Bonchev–Trinajstić information content (AvgIpc) is 2.79. The third-order valence-electron chi connectivity index (χ3n) is 5.88. The Balaban J connectivity index is 1.39. The van der Waals surface area contributed by atoms with Crippen LogP contribution < -0.4 is 4.90 Å². The van der Waals surface area contributed by atoms with E-state index in [0.717, 1.165) is 49.0 Å². The van der Waals surface area contributed by atoms with E-state index < -0.39 is 17.4 Å². The number of esters is 1. The normalized spacial score (nSPS) is 14.8. The number of anilines is 1. The minimum absolute atomic E-state index is 0.0314. The van der Waals surface area contributed by atoms with Gasteiger partial charge in [-0.05, 0) is 67.8 Å². The van der Waals surface area contributed by atoms with Gasteiger partial charge in [0.1, 0.15) is 11.4 Å². The van der Waals surface area contributed by atoms with E-state index in [0.29, 0.717) is 0 Å². The predicted molar refractivity (Wildman–Crippen MR) is 136 cm³/mol. The van der Waals surface area contributed by atoms with E-state index >= 15 is 0 Å². The quantitative estimate of drug-likeness (QED) is 0.394. The van der Waals surface area contributed by atoms with Crippen LogP contribution in [-0.4, -0.2) is 42.6 Å². The molecule has 6 heteroatoms. The van der Waals surface area contributed by atoms with Crippen molar-refractivity contribution in [2.24, 2.45) is 0 Å². The number of hydrogen-bond donors (Lipinski definition) is 0. The van der Waals surface area contributed by atoms with Crippen molar-refractivity contribution in [3.63, 3.8) is 0 Å². The van der Waals surface area contributed by atoms with E-state index in [1.54, 1.807) is 26.8 Å². The van der Waals surface area contributed by atoms with E-state index in [1.807, 2.05) is 12.1 Å². The summed E-state index contributed by atoms with van der Waals surface area (Å²) in [6.07, 6.45) is 0. The summed E-state index contributed by atoms with van der Waals surface area (Å²) in [6, 6.07) is 21.1. The molecule has 1 fully saturated rings. The topological polar surface area (TPSA) is 32.8 Å². The molecule has 0 bridgehead atoms. The zero-order valence-corrected chi connectivity index (χ0v) is 20.6. The molecule has 0 unspecified atom stereocenters. The highest BCUT2D eigenvalue weighted by Gasteiger charge is 2.23. The van der Waals surface area contributed by atoms with Gasteiger partial charge < -0.3 is 9.64 Å². The molecular formula is C28H30ClFN2O2. The summed E-state index contributed by atoms with van der Waals surface area (Å²) in [7, 11) is 0. The van der Waals surface area contributed by atoms with Crippen LogP contribution >= 0.6 is 11.6 Å². The first-order valence-electron chi connectivity index (χ1n) is 11.5. The van der Waals surface area contributed by atoms with Crippen LogP contribution in [0.3, 0.4) is 0 Å². The standard InChI is InChI=1S/C28H30ClFN2O2/c1-28(2,3)34-27(33)25-13-12-23(18-26(25)30)32-16-14-31(15-17-32)19-21-6-4-5-7-24(21)20-8-10-22(29)11-9-20/h4-13,18H,14-17,19H2,1-3H3. The molecule has 0 spiro atoms. The van der Waals surface area contributed by atoms with Gasteiger partial charge in [-0.15, -0.1) is 0 Å². The summed E-state index contributed by atoms with van der Waals surface area (Å²) in [5.74, 6) is -1.19. The van der Waals surface area contributed by atoms with Gasteiger partial charge in [-0.2, -0.15) is 0 Å². The average molecular weight is 481 g/mol. The van der Waals surface area contributed by atoms with Crippen molar-refractivity contribution in [1.29, 1.82) is 0 Å². The SMILES string of the molecule is CC(C)(C)OC(=O)c1ccc(N2CCN(Cc3ccccc3-c3ccc(Cl)cc3)CC2)cc1F. The Hall–Kier alpha value is -2.89. The molecule has 1 heterocycles. The lowest BCUT2D eigenvalue weighted by Gasteiger charge is -2.36. The monoisotopic (exact) mass is 480 g/mol. The maximum absolute atomic E-state index is 14.7. The highest BCUT2D eigenvalue weighted by Crippen LogP contribution is 2.27. The van der Waals surface area contributed by atoms with E-state index in [9.17, 15) is 9.18 Å². The predicted octanol–water partition coefficient (Wildman–Crippen LogP) is 6.42. The first kappa shape index (κ1) is 24.2. The Morgan fingerprint density at radius 3 is 2.29 bits per heavy atom. The summed E-state index contributed by atoms with van der Waals surface area (Å²) in [5.41, 5.74) is 3.72. The molecule has 1 aliphatic heterocycles. The van der Waals surface area contributed by atoms with Crippen LogP contribution in [-0.2, 0) is 11.3 Å². The number of carbonyl (C=O) groups is 1. The number of carbonyl (C=O) groups excluding carboxylic acids is 1. The van der Waals surface area contributed by atoms with Crippen LogP contribution in [0.15, 0.2) is 66.7 Å². The maximum Gasteiger partial charge on any atom is 0.341 e. The second-order valence-electron chi connectivity index (χ2n) is 9.59. The maximum atomic E-state index is 14.7. The Kier molecular flexibility index (Phi) is 7.24. The zero-order valence-electron chi connectivity index (χ0n) is 19.9. The fraction of sp³-hybridized carbons (Fsp3) is 0.321. The van der Waals surface area contributed by atoms with Crippen molar-refractivity contribution in [1.82, 2.24) is 4.90 Å². The van der Waals surface area contributed by atoms with Gasteiger partial charge >= 0.3 is 5.97 Å². The van der Waals surface area contributed by atoms with Crippen LogP contribution in [0.2, 0.25) is 5.02 Å². The van der Waals surface area contributed by atoms with E-state index in [2.05, 4.69) is 46.2 Å². The summed E-state index contributed by atoms with van der Waals surface area (Å²) in [5, 5.41) is 0.730. The molecule has 3 aromatic rings. The minimum atomic E-state index is -0.662. The van der Waals surface area contributed by atoms with E-state index in [1.165, 1.54) is 23.3 Å². The van der Waals surface area contributed by atoms with Crippen LogP contribution in [0.25, 0.3) is 11.1 Å². The summed E-state index contributed by atoms with van der Waals surface area (Å²) >= 11 is 6.06. The second kappa shape index (κ2) is 10.2. The van der Waals surface area contributed by atoms with Gasteiger partial charge in [0.15, 0.2) is 0 Å². The molecule has 3 aromatic carbocycles. The third kappa shape index (κ3) is 5.96. The number of halogens is 2. The fourth-order valence-electron chi connectivity index (χ4n) is 4.17. The largest absolute Gasteiger partial charge is 0.456 e. The second-order valence-corrected chi connectivity index (χ2v) is 10.0. The third-order valence-corrected chi connectivity index (χ3v) is 6.13. The van der Waals surface area contributed by atoms with Gasteiger partial charge in [-0.3, -0.25) is 4.90 Å². The Bertz CT molecular complexity index is 1150. The Morgan fingerprint density at radius 2 is 1.65 bits per heavy atom. The van der Waals surface area contributed by atoms with Crippen molar-refractivity contribution in [3.8, 4) is 11.1 Å². The molecular weight excluding hydrogens is 451 g/mol. The zero-order chi connectivity index (χ0) is 24.3. The van der Waals surface area contributed by atoms with E-state index in [-0.39, 0.29) is 5.56 Å². The van der Waals surface area contributed by atoms with Crippen LogP contribution in [0, 0.1) is 5.82 Å². The number of piperazine rings is 1. The highest BCUT2D eigenvalue weighted by atomic mass is 35.5. The van der Waals surface area contributed by atoms with Gasteiger partial charge in [0.25, 0.3) is 0 Å². The van der Waals surface area contributed by atoms with Gasteiger partial charge in [-0.1, -0.05) is 48.0 Å². The van der Waals surface area contributed by atoms with Gasteiger partial charge in [0.2, 0.25) is 0 Å². The molecule has 0 aromatic heterocycles. The first-order valence-corrected chi connectivity index (χ1v) is 11.9. The molecule has 178 valence electrons. The smallest absolute Gasteiger partial charge is 0.341 e. The lowest BCUT2D eigenvalue weighted by atomic mass is 9.99. The van der Waals surface area contributed by atoms with Gasteiger partial charge in [0, 0.05) is 43.4 Å². The Morgan fingerprint density at radius 1 is 0.971 bits per heavy atom. The van der Waals surface area contributed by atoms with Crippen LogP contribution in [0.4, 0.5) is 10.1 Å². The Labute approximate surface area is 205 Å². The van der Waals surface area contributed by atoms with Crippen molar-refractivity contribution in [2.45, 2.75) is 32.9 Å².